The van der Waals surface area contributed by atoms with Crippen LogP contribution < -0.4 is 0 Å². The second-order valence-electron chi connectivity index (χ2n) is 8.23. The van der Waals surface area contributed by atoms with Crippen molar-refractivity contribution >= 4 is 5.57 Å². The molecule has 0 saturated heterocycles. The molecule has 1 nitrogen and oxygen atoms in total. The molecule has 23 heavy (non-hydrogen) atoms. The predicted octanol–water partition coefficient (Wildman–Crippen LogP) is 6.05. The van der Waals surface area contributed by atoms with Crippen molar-refractivity contribution in [3.8, 4) is 5.75 Å². The minimum Gasteiger partial charge on any atom is -0.507 e. The molecule has 122 valence electrons. The van der Waals surface area contributed by atoms with E-state index in [0.717, 1.165) is 22.3 Å². The first-order valence-electron chi connectivity index (χ1n) is 8.15. The van der Waals surface area contributed by atoms with E-state index < -0.39 is 0 Å². The molecule has 0 aliphatic heterocycles. The number of hydrogen-bond acceptors (Lipinski definition) is 1. The van der Waals surface area contributed by atoms with Crippen LogP contribution in [-0.4, -0.2) is 5.11 Å². The number of aromatic hydroxyl groups is 1. The third-order valence-corrected chi connectivity index (χ3v) is 4.18. The molecule has 0 aliphatic rings. The lowest BCUT2D eigenvalue weighted by atomic mass is 9.73. The van der Waals surface area contributed by atoms with E-state index in [1.54, 1.807) is 0 Å². The third kappa shape index (κ3) is 3.50. The first kappa shape index (κ1) is 17.3. The lowest BCUT2D eigenvalue weighted by Crippen LogP contribution is -2.22. The topological polar surface area (TPSA) is 20.2 Å². The van der Waals surface area contributed by atoms with Gasteiger partial charge < -0.3 is 5.11 Å². The smallest absolute Gasteiger partial charge is 0.127 e. The Bertz CT molecular complexity index is 710. The van der Waals surface area contributed by atoms with Gasteiger partial charge in [-0.3, -0.25) is 0 Å². The predicted molar refractivity (Wildman–Crippen MR) is 100 cm³/mol. The lowest BCUT2D eigenvalue weighted by molar-refractivity contribution is 0.434. The largest absolute Gasteiger partial charge is 0.507 e. The molecule has 2 aromatic rings. The highest BCUT2D eigenvalue weighted by molar-refractivity contribution is 5.82. The minimum atomic E-state index is -0.139. The summed E-state index contributed by atoms with van der Waals surface area (Å²) >= 11 is 0. The zero-order valence-corrected chi connectivity index (χ0v) is 15.2. The summed E-state index contributed by atoms with van der Waals surface area (Å²) in [7, 11) is 0. The monoisotopic (exact) mass is 308 g/mol. The second-order valence-corrected chi connectivity index (χ2v) is 8.23. The summed E-state index contributed by atoms with van der Waals surface area (Å²) in [5.41, 5.74) is 4.74. The highest BCUT2D eigenvalue weighted by atomic mass is 16.3. The normalized spacial score (nSPS) is 12.3. The zero-order valence-electron chi connectivity index (χ0n) is 15.2. The van der Waals surface area contributed by atoms with Gasteiger partial charge in [0.2, 0.25) is 0 Å². The Labute approximate surface area is 140 Å². The maximum atomic E-state index is 11.0. The van der Waals surface area contributed by atoms with E-state index in [-0.39, 0.29) is 10.8 Å². The Kier molecular flexibility index (Phi) is 4.43. The highest BCUT2D eigenvalue weighted by Crippen LogP contribution is 2.43. The average molecular weight is 308 g/mol. The van der Waals surface area contributed by atoms with Gasteiger partial charge in [-0.25, -0.2) is 0 Å². The molecule has 0 amide bonds. The van der Waals surface area contributed by atoms with Gasteiger partial charge in [-0.15, -0.1) is 0 Å². The second kappa shape index (κ2) is 5.88. The van der Waals surface area contributed by atoms with Crippen LogP contribution in [0.15, 0.2) is 49.0 Å². The van der Waals surface area contributed by atoms with Crippen LogP contribution in [0.3, 0.4) is 0 Å². The molecule has 1 N–H and O–H groups in total. The first-order chi connectivity index (χ1) is 10.5. The fraction of sp³-hybridized carbons (Fsp3) is 0.364. The van der Waals surface area contributed by atoms with Crippen LogP contribution in [0.5, 0.6) is 5.75 Å². The van der Waals surface area contributed by atoms with Gasteiger partial charge in [0.15, 0.2) is 0 Å². The maximum absolute atomic E-state index is 11.0. The highest BCUT2D eigenvalue weighted by Gasteiger charge is 2.29. The molecule has 0 saturated carbocycles. The lowest BCUT2D eigenvalue weighted by Gasteiger charge is -2.32. The molecule has 0 atom stereocenters. The van der Waals surface area contributed by atoms with Crippen molar-refractivity contribution in [3.63, 3.8) is 0 Å². The number of benzene rings is 2. The van der Waals surface area contributed by atoms with Gasteiger partial charge in [-0.1, -0.05) is 90.6 Å². The van der Waals surface area contributed by atoms with Crippen molar-refractivity contribution in [2.75, 3.05) is 0 Å². The number of phenolic OH excluding ortho intramolecular Hbond substituents is 1. The molecular formula is C22H28O. The van der Waals surface area contributed by atoms with Crippen LogP contribution in [0.25, 0.3) is 5.57 Å². The molecule has 0 heterocycles. The van der Waals surface area contributed by atoms with E-state index in [4.69, 9.17) is 0 Å². The summed E-state index contributed by atoms with van der Waals surface area (Å²) in [6.07, 6.45) is 0. The van der Waals surface area contributed by atoms with Crippen LogP contribution in [0, 0.1) is 0 Å². The van der Waals surface area contributed by atoms with Crippen molar-refractivity contribution in [1.29, 1.82) is 0 Å². The molecule has 0 bridgehead atoms. The summed E-state index contributed by atoms with van der Waals surface area (Å²) < 4.78 is 0. The van der Waals surface area contributed by atoms with Crippen LogP contribution in [0.1, 0.15) is 63.8 Å². The third-order valence-electron chi connectivity index (χ3n) is 4.18. The molecule has 0 unspecified atom stereocenters. The molecule has 0 aliphatic carbocycles. The molecule has 0 aromatic heterocycles. The van der Waals surface area contributed by atoms with E-state index >= 15 is 0 Å². The van der Waals surface area contributed by atoms with Gasteiger partial charge in [0.25, 0.3) is 0 Å². The Hall–Kier alpha value is -2.02. The van der Waals surface area contributed by atoms with Crippen molar-refractivity contribution in [2.45, 2.75) is 52.4 Å². The Balaban J connectivity index is 2.68. The summed E-state index contributed by atoms with van der Waals surface area (Å²) in [5.74, 6) is 0.360. The summed E-state index contributed by atoms with van der Waals surface area (Å²) in [4.78, 5) is 0. The van der Waals surface area contributed by atoms with Crippen molar-refractivity contribution < 1.29 is 5.11 Å². The molecule has 0 fully saturated rings. The standard InChI is InChI=1S/C22H28O/c1-15(16-11-9-8-10-12-16)17-13-14-18(21(2,3)4)19(20(17)23)22(5,6)7/h8-14,23H,1H2,2-7H3. The van der Waals surface area contributed by atoms with Gasteiger partial charge in [0.05, 0.1) is 0 Å². The van der Waals surface area contributed by atoms with Crippen LogP contribution in [0.2, 0.25) is 0 Å². The summed E-state index contributed by atoms with van der Waals surface area (Å²) in [5, 5.41) is 11.0. The van der Waals surface area contributed by atoms with Crippen LogP contribution >= 0.6 is 0 Å². The van der Waals surface area contributed by atoms with Crippen molar-refractivity contribution in [2.24, 2.45) is 0 Å². The van der Waals surface area contributed by atoms with E-state index in [1.807, 2.05) is 36.4 Å². The van der Waals surface area contributed by atoms with Gasteiger partial charge >= 0.3 is 0 Å². The minimum absolute atomic E-state index is 0.0211. The van der Waals surface area contributed by atoms with Crippen molar-refractivity contribution in [3.05, 3.63) is 71.3 Å². The molecular weight excluding hydrogens is 280 g/mol. The Morgan fingerprint density at radius 2 is 1.39 bits per heavy atom. The fourth-order valence-corrected chi connectivity index (χ4v) is 3.01. The molecule has 0 spiro atoms. The van der Waals surface area contributed by atoms with Gasteiger partial charge in [0, 0.05) is 11.1 Å². The number of hydrogen-bond donors (Lipinski definition) is 1. The quantitative estimate of drug-likeness (QED) is 0.716. The summed E-state index contributed by atoms with van der Waals surface area (Å²) in [6, 6.07) is 14.2. The SMILES string of the molecule is C=C(c1ccccc1)c1ccc(C(C)(C)C)c(C(C)(C)C)c1O. The number of rotatable bonds is 2. The molecule has 0 radical (unpaired) electrons. The first-order valence-corrected chi connectivity index (χ1v) is 8.15. The van der Waals surface area contributed by atoms with Gasteiger partial charge in [-0.2, -0.15) is 0 Å². The van der Waals surface area contributed by atoms with Gasteiger partial charge in [-0.05, 0) is 27.5 Å². The van der Waals surface area contributed by atoms with E-state index in [1.165, 1.54) is 5.56 Å². The van der Waals surface area contributed by atoms with Crippen LogP contribution in [-0.2, 0) is 10.8 Å². The van der Waals surface area contributed by atoms with E-state index in [9.17, 15) is 5.11 Å². The molecule has 2 aromatic carbocycles. The van der Waals surface area contributed by atoms with Gasteiger partial charge in [0.1, 0.15) is 5.75 Å². The average Bonchev–Trinajstić information content (AvgIpc) is 2.45. The number of phenols is 1. The fourth-order valence-electron chi connectivity index (χ4n) is 3.01. The Morgan fingerprint density at radius 1 is 0.826 bits per heavy atom. The molecule has 1 heteroatoms. The Morgan fingerprint density at radius 3 is 1.87 bits per heavy atom. The van der Waals surface area contributed by atoms with Crippen LogP contribution in [0.4, 0.5) is 0 Å². The zero-order chi connectivity index (χ0) is 17.4. The maximum Gasteiger partial charge on any atom is 0.127 e. The van der Waals surface area contributed by atoms with Crippen molar-refractivity contribution in [1.82, 2.24) is 0 Å². The molecule has 2 rings (SSSR count). The van der Waals surface area contributed by atoms with E-state index in [2.05, 4.69) is 54.2 Å². The summed E-state index contributed by atoms with van der Waals surface area (Å²) in [6.45, 7) is 17.2. The van der Waals surface area contributed by atoms with E-state index in [0.29, 0.717) is 5.75 Å².